The molecule has 1 aliphatic heterocycles. The number of fused-ring (bicyclic) bond motifs is 1. The van der Waals surface area contributed by atoms with Crippen molar-refractivity contribution in [3.8, 4) is 0 Å². The molecular formula is C17H24N2O3S. The van der Waals surface area contributed by atoms with Crippen LogP contribution in [0.3, 0.4) is 0 Å². The van der Waals surface area contributed by atoms with E-state index in [4.69, 9.17) is 0 Å². The Kier molecular flexibility index (Phi) is 4.47. The molecule has 1 amide bonds. The Bertz CT molecular complexity index is 715. The predicted octanol–water partition coefficient (Wildman–Crippen LogP) is 2.67. The molecule has 1 saturated carbocycles. The Balaban J connectivity index is 1.81. The number of amides is 1. The molecule has 6 heteroatoms. The fourth-order valence-electron chi connectivity index (χ4n) is 3.54. The summed E-state index contributed by atoms with van der Waals surface area (Å²) in [5.41, 5.74) is 1.61. The molecule has 2 N–H and O–H groups in total. The van der Waals surface area contributed by atoms with Gasteiger partial charge in [0, 0.05) is 18.2 Å². The third-order valence-electron chi connectivity index (χ3n) is 5.30. The summed E-state index contributed by atoms with van der Waals surface area (Å²) in [6.45, 7) is 4.31. The van der Waals surface area contributed by atoms with E-state index in [1.54, 1.807) is 18.2 Å². The van der Waals surface area contributed by atoms with Crippen molar-refractivity contribution in [2.24, 2.45) is 11.8 Å². The van der Waals surface area contributed by atoms with Crippen molar-refractivity contribution in [2.45, 2.75) is 56.9 Å². The Morgan fingerprint density at radius 1 is 1.17 bits per heavy atom. The molecule has 5 nitrogen and oxygen atoms in total. The maximum absolute atomic E-state index is 12.7. The van der Waals surface area contributed by atoms with Gasteiger partial charge in [-0.1, -0.05) is 26.7 Å². The van der Waals surface area contributed by atoms with E-state index < -0.39 is 10.0 Å². The van der Waals surface area contributed by atoms with Gasteiger partial charge >= 0.3 is 0 Å². The summed E-state index contributed by atoms with van der Waals surface area (Å²) in [6.07, 6.45) is 4.11. The highest BCUT2D eigenvalue weighted by Gasteiger charge is 2.31. The van der Waals surface area contributed by atoms with Crippen LogP contribution in [-0.4, -0.2) is 20.4 Å². The molecule has 0 bridgehead atoms. The Morgan fingerprint density at radius 2 is 1.96 bits per heavy atom. The fourth-order valence-corrected chi connectivity index (χ4v) is 4.95. The summed E-state index contributed by atoms with van der Waals surface area (Å²) in [6, 6.07) is 4.95. The van der Waals surface area contributed by atoms with Gasteiger partial charge in [-0.25, -0.2) is 13.1 Å². The lowest BCUT2D eigenvalue weighted by Crippen LogP contribution is -2.43. The third-order valence-corrected chi connectivity index (χ3v) is 6.78. The maximum Gasteiger partial charge on any atom is 0.240 e. The summed E-state index contributed by atoms with van der Waals surface area (Å²) < 4.78 is 28.3. The van der Waals surface area contributed by atoms with Crippen molar-refractivity contribution in [3.05, 3.63) is 23.8 Å². The summed E-state index contributed by atoms with van der Waals surface area (Å²) >= 11 is 0. The quantitative estimate of drug-likeness (QED) is 0.891. The van der Waals surface area contributed by atoms with Crippen LogP contribution in [0.15, 0.2) is 23.1 Å². The van der Waals surface area contributed by atoms with Gasteiger partial charge in [-0.2, -0.15) is 0 Å². The standard InChI is InChI=1S/C17H24N2O3S/c1-11-4-3-5-15(12(11)2)19-23(21,22)14-7-8-16-13(10-14)6-9-17(20)18-16/h7-8,10-12,15,19H,3-6,9H2,1-2H3,(H,18,20)/t11-,12+,15+/m0/s1. The molecule has 126 valence electrons. The molecule has 0 saturated heterocycles. The van der Waals surface area contributed by atoms with Gasteiger partial charge in [0.25, 0.3) is 0 Å². The van der Waals surface area contributed by atoms with E-state index in [0.717, 1.165) is 30.5 Å². The molecule has 1 heterocycles. The largest absolute Gasteiger partial charge is 0.326 e. The average molecular weight is 336 g/mol. The van der Waals surface area contributed by atoms with Gasteiger partial charge in [-0.15, -0.1) is 0 Å². The van der Waals surface area contributed by atoms with Crippen molar-refractivity contribution in [2.75, 3.05) is 5.32 Å². The molecule has 3 atom stereocenters. The second kappa shape index (κ2) is 6.24. The van der Waals surface area contributed by atoms with Crippen molar-refractivity contribution in [1.29, 1.82) is 0 Å². The minimum atomic E-state index is -3.53. The van der Waals surface area contributed by atoms with Gasteiger partial charge in [-0.05, 0) is 48.4 Å². The van der Waals surface area contributed by atoms with Crippen LogP contribution in [0.1, 0.15) is 45.1 Å². The summed E-state index contributed by atoms with van der Waals surface area (Å²) in [5.74, 6) is 0.863. The molecule has 23 heavy (non-hydrogen) atoms. The van der Waals surface area contributed by atoms with E-state index in [0.29, 0.717) is 24.7 Å². The van der Waals surface area contributed by atoms with Gasteiger partial charge < -0.3 is 5.32 Å². The van der Waals surface area contributed by atoms with Crippen LogP contribution >= 0.6 is 0 Å². The molecule has 0 unspecified atom stereocenters. The molecular weight excluding hydrogens is 312 g/mol. The van der Waals surface area contributed by atoms with E-state index in [1.165, 1.54) is 0 Å². The van der Waals surface area contributed by atoms with Crippen LogP contribution in [-0.2, 0) is 21.2 Å². The molecule has 1 fully saturated rings. The molecule has 0 spiro atoms. The van der Waals surface area contributed by atoms with E-state index >= 15 is 0 Å². The minimum absolute atomic E-state index is 0.000477. The van der Waals surface area contributed by atoms with Gasteiger partial charge in [0.15, 0.2) is 0 Å². The van der Waals surface area contributed by atoms with Gasteiger partial charge in [0.05, 0.1) is 4.90 Å². The van der Waals surface area contributed by atoms with Crippen molar-refractivity contribution in [3.63, 3.8) is 0 Å². The summed E-state index contributed by atoms with van der Waals surface area (Å²) in [5, 5.41) is 2.78. The molecule has 2 aliphatic rings. The first kappa shape index (κ1) is 16.5. The van der Waals surface area contributed by atoms with Crippen LogP contribution in [0.2, 0.25) is 0 Å². The van der Waals surface area contributed by atoms with Crippen molar-refractivity contribution in [1.82, 2.24) is 4.72 Å². The number of aryl methyl sites for hydroxylation is 1. The first-order valence-electron chi connectivity index (χ1n) is 8.32. The van der Waals surface area contributed by atoms with Gasteiger partial charge in [0.1, 0.15) is 0 Å². The lowest BCUT2D eigenvalue weighted by Gasteiger charge is -2.34. The monoisotopic (exact) mass is 336 g/mol. The number of carbonyl (C=O) groups is 1. The number of benzene rings is 1. The SMILES string of the molecule is C[C@@H]1[C@@H](C)CCC[C@H]1NS(=O)(=O)c1ccc2c(c1)CCC(=O)N2. The normalized spacial score (nSPS) is 28.1. The molecule has 1 aliphatic carbocycles. The predicted molar refractivity (Wildman–Crippen MR) is 89.7 cm³/mol. The highest BCUT2D eigenvalue weighted by molar-refractivity contribution is 7.89. The van der Waals surface area contributed by atoms with E-state index in [-0.39, 0.29) is 16.8 Å². The first-order valence-corrected chi connectivity index (χ1v) is 9.80. The lowest BCUT2D eigenvalue weighted by atomic mass is 9.78. The summed E-state index contributed by atoms with van der Waals surface area (Å²) in [7, 11) is -3.53. The Hall–Kier alpha value is -1.40. The van der Waals surface area contributed by atoms with E-state index in [2.05, 4.69) is 23.9 Å². The molecule has 3 rings (SSSR count). The number of nitrogens with one attached hydrogen (secondary N) is 2. The van der Waals surface area contributed by atoms with Crippen LogP contribution in [0.4, 0.5) is 5.69 Å². The zero-order valence-electron chi connectivity index (χ0n) is 13.6. The van der Waals surface area contributed by atoms with Crippen molar-refractivity contribution < 1.29 is 13.2 Å². The molecule has 1 aromatic carbocycles. The average Bonchev–Trinajstić information content (AvgIpc) is 2.51. The topological polar surface area (TPSA) is 75.3 Å². The third kappa shape index (κ3) is 3.43. The fraction of sp³-hybridized carbons (Fsp3) is 0.588. The molecule has 1 aromatic rings. The van der Waals surface area contributed by atoms with E-state index in [1.807, 2.05) is 0 Å². The molecule has 0 aromatic heterocycles. The van der Waals surface area contributed by atoms with Crippen LogP contribution in [0.25, 0.3) is 0 Å². The van der Waals surface area contributed by atoms with Crippen LogP contribution in [0, 0.1) is 11.8 Å². The van der Waals surface area contributed by atoms with E-state index in [9.17, 15) is 13.2 Å². The minimum Gasteiger partial charge on any atom is -0.326 e. The number of sulfonamides is 1. The Labute approximate surface area is 137 Å². The second-order valence-corrected chi connectivity index (χ2v) is 8.58. The zero-order valence-corrected chi connectivity index (χ0v) is 14.4. The summed E-state index contributed by atoms with van der Waals surface area (Å²) in [4.78, 5) is 11.7. The van der Waals surface area contributed by atoms with Crippen LogP contribution < -0.4 is 10.0 Å². The number of hydrogen-bond donors (Lipinski definition) is 2. The first-order chi connectivity index (χ1) is 10.9. The van der Waals surface area contributed by atoms with Gasteiger partial charge in [0.2, 0.25) is 15.9 Å². The lowest BCUT2D eigenvalue weighted by molar-refractivity contribution is -0.116. The number of carbonyl (C=O) groups excluding carboxylic acids is 1. The van der Waals surface area contributed by atoms with Crippen LogP contribution in [0.5, 0.6) is 0 Å². The molecule has 0 radical (unpaired) electrons. The Morgan fingerprint density at radius 3 is 2.74 bits per heavy atom. The van der Waals surface area contributed by atoms with Gasteiger partial charge in [-0.3, -0.25) is 4.79 Å². The second-order valence-electron chi connectivity index (χ2n) is 6.86. The maximum atomic E-state index is 12.7. The van der Waals surface area contributed by atoms with Crippen molar-refractivity contribution >= 4 is 21.6 Å². The highest BCUT2D eigenvalue weighted by atomic mass is 32.2. The number of anilines is 1. The number of rotatable bonds is 3. The highest BCUT2D eigenvalue weighted by Crippen LogP contribution is 2.31. The smallest absolute Gasteiger partial charge is 0.240 e. The number of hydrogen-bond acceptors (Lipinski definition) is 3. The zero-order chi connectivity index (χ0) is 16.6.